The van der Waals surface area contributed by atoms with Crippen molar-refractivity contribution in [2.24, 2.45) is 0 Å². The van der Waals surface area contributed by atoms with Crippen LogP contribution in [0.3, 0.4) is 0 Å². The van der Waals surface area contributed by atoms with Crippen LogP contribution in [0.4, 0.5) is 10.1 Å². The number of thioether (sulfide) groups is 1. The van der Waals surface area contributed by atoms with Gasteiger partial charge in [0.15, 0.2) is 0 Å². The summed E-state index contributed by atoms with van der Waals surface area (Å²) in [7, 11) is 0. The van der Waals surface area contributed by atoms with Crippen LogP contribution in [0.25, 0.3) is 11.4 Å². The van der Waals surface area contributed by atoms with Gasteiger partial charge in [-0.25, -0.2) is 4.39 Å². The molecule has 0 radical (unpaired) electrons. The van der Waals surface area contributed by atoms with E-state index in [-0.39, 0.29) is 17.6 Å². The number of aromatic nitrogens is 2. The first kappa shape index (κ1) is 16.8. The van der Waals surface area contributed by atoms with Gasteiger partial charge in [-0.1, -0.05) is 11.2 Å². The van der Waals surface area contributed by atoms with Crippen molar-refractivity contribution in [3.8, 4) is 11.4 Å². The van der Waals surface area contributed by atoms with Gasteiger partial charge in [0, 0.05) is 29.1 Å². The first-order chi connectivity index (χ1) is 12.6. The molecule has 132 valence electrons. The van der Waals surface area contributed by atoms with E-state index in [4.69, 9.17) is 4.52 Å². The summed E-state index contributed by atoms with van der Waals surface area (Å²) in [5.41, 5.74) is 1.55. The topological polar surface area (TPSA) is 59.2 Å². The normalized spacial score (nSPS) is 17.1. The van der Waals surface area contributed by atoms with Gasteiger partial charge in [0.2, 0.25) is 17.6 Å². The summed E-state index contributed by atoms with van der Waals surface area (Å²) in [6, 6.07) is 13.8. The Kier molecular flexibility index (Phi) is 4.46. The molecular weight excluding hydrogens is 353 g/mol. The monoisotopic (exact) mass is 369 g/mol. The lowest BCUT2D eigenvalue weighted by molar-refractivity contribution is -0.117. The van der Waals surface area contributed by atoms with Gasteiger partial charge in [-0.15, -0.1) is 11.8 Å². The molecule has 0 saturated carbocycles. The Labute approximate surface area is 154 Å². The zero-order chi connectivity index (χ0) is 18.1. The number of halogens is 1. The number of hydrogen-bond donors (Lipinski definition) is 0. The molecule has 3 aromatic rings. The zero-order valence-corrected chi connectivity index (χ0v) is 14.9. The van der Waals surface area contributed by atoms with E-state index >= 15 is 0 Å². The van der Waals surface area contributed by atoms with Gasteiger partial charge in [0.1, 0.15) is 5.82 Å². The fraction of sp³-hybridized carbons (Fsp3) is 0.211. The fourth-order valence-corrected chi connectivity index (χ4v) is 3.47. The number of benzene rings is 2. The van der Waals surface area contributed by atoms with E-state index in [0.717, 1.165) is 10.6 Å². The van der Waals surface area contributed by atoms with Crippen molar-refractivity contribution < 1.29 is 13.7 Å². The van der Waals surface area contributed by atoms with Gasteiger partial charge in [0.05, 0.1) is 5.92 Å². The van der Waals surface area contributed by atoms with E-state index in [1.54, 1.807) is 28.8 Å². The molecule has 0 bridgehead atoms. The summed E-state index contributed by atoms with van der Waals surface area (Å²) >= 11 is 1.64. The van der Waals surface area contributed by atoms with E-state index in [9.17, 15) is 9.18 Å². The molecule has 0 N–H and O–H groups in total. The second-order valence-electron chi connectivity index (χ2n) is 6.07. The smallest absolute Gasteiger partial charge is 0.232 e. The molecule has 1 fully saturated rings. The van der Waals surface area contributed by atoms with Gasteiger partial charge >= 0.3 is 0 Å². The number of amides is 1. The van der Waals surface area contributed by atoms with Crippen LogP contribution in [0.15, 0.2) is 57.9 Å². The van der Waals surface area contributed by atoms with Crippen molar-refractivity contribution in [3.05, 3.63) is 60.2 Å². The van der Waals surface area contributed by atoms with Crippen LogP contribution in [0, 0.1) is 5.82 Å². The average molecular weight is 369 g/mol. The van der Waals surface area contributed by atoms with Gasteiger partial charge in [0.25, 0.3) is 0 Å². The SMILES string of the molecule is CSc1cccc(N2CC(c3nc(-c4ccc(F)cc4)no3)CC2=O)c1. The highest BCUT2D eigenvalue weighted by molar-refractivity contribution is 7.98. The van der Waals surface area contributed by atoms with Crippen molar-refractivity contribution in [1.82, 2.24) is 10.1 Å². The molecule has 1 saturated heterocycles. The largest absolute Gasteiger partial charge is 0.339 e. The van der Waals surface area contributed by atoms with Crippen LogP contribution in [0.2, 0.25) is 0 Å². The first-order valence-electron chi connectivity index (χ1n) is 8.18. The minimum atomic E-state index is -0.318. The van der Waals surface area contributed by atoms with Crippen molar-refractivity contribution in [3.63, 3.8) is 0 Å². The van der Waals surface area contributed by atoms with Gasteiger partial charge in [-0.2, -0.15) is 4.98 Å². The number of rotatable bonds is 4. The fourth-order valence-electron chi connectivity index (χ4n) is 3.02. The third-order valence-corrected chi connectivity index (χ3v) is 5.11. The lowest BCUT2D eigenvalue weighted by atomic mass is 10.1. The van der Waals surface area contributed by atoms with Crippen LogP contribution in [0.1, 0.15) is 18.2 Å². The third kappa shape index (κ3) is 3.22. The molecule has 2 heterocycles. The summed E-state index contributed by atoms with van der Waals surface area (Å²) in [6.45, 7) is 0.502. The van der Waals surface area contributed by atoms with Gasteiger partial charge < -0.3 is 9.42 Å². The van der Waals surface area contributed by atoms with E-state index in [1.165, 1.54) is 12.1 Å². The van der Waals surface area contributed by atoms with Crippen LogP contribution >= 0.6 is 11.8 Å². The van der Waals surface area contributed by atoms with E-state index in [0.29, 0.717) is 30.2 Å². The first-order valence-corrected chi connectivity index (χ1v) is 9.40. The number of hydrogen-bond acceptors (Lipinski definition) is 5. The summed E-state index contributed by atoms with van der Waals surface area (Å²) in [5, 5.41) is 3.97. The molecule has 26 heavy (non-hydrogen) atoms. The summed E-state index contributed by atoms with van der Waals surface area (Å²) in [4.78, 5) is 19.7. The Balaban J connectivity index is 1.54. The number of nitrogens with zero attached hydrogens (tertiary/aromatic N) is 3. The van der Waals surface area contributed by atoms with Crippen LogP contribution < -0.4 is 4.90 Å². The minimum Gasteiger partial charge on any atom is -0.339 e. The lowest BCUT2D eigenvalue weighted by Gasteiger charge is -2.16. The maximum atomic E-state index is 13.0. The van der Waals surface area contributed by atoms with Gasteiger partial charge in [-0.3, -0.25) is 4.79 Å². The summed E-state index contributed by atoms with van der Waals surface area (Å²) in [6.07, 6.45) is 2.33. The molecule has 0 spiro atoms. The Morgan fingerprint density at radius 3 is 2.81 bits per heavy atom. The molecule has 1 aliphatic rings. The number of carbonyl (C=O) groups is 1. The predicted octanol–water partition coefficient (Wildman–Crippen LogP) is 4.12. The number of carbonyl (C=O) groups excluding carboxylic acids is 1. The molecule has 0 aliphatic carbocycles. The van der Waals surface area contributed by atoms with Crippen molar-refractivity contribution in [2.45, 2.75) is 17.2 Å². The molecule has 1 aromatic heterocycles. The van der Waals surface area contributed by atoms with E-state index in [1.807, 2.05) is 30.5 Å². The molecule has 1 amide bonds. The Morgan fingerprint density at radius 2 is 2.04 bits per heavy atom. The van der Waals surface area contributed by atoms with Crippen molar-refractivity contribution in [1.29, 1.82) is 0 Å². The summed E-state index contributed by atoms with van der Waals surface area (Å²) < 4.78 is 18.4. The Hall–Kier alpha value is -2.67. The average Bonchev–Trinajstić information content (AvgIpc) is 3.29. The molecule has 7 heteroatoms. The van der Waals surface area contributed by atoms with Gasteiger partial charge in [-0.05, 0) is 48.7 Å². The Morgan fingerprint density at radius 1 is 1.23 bits per heavy atom. The maximum absolute atomic E-state index is 13.0. The molecular formula is C19H16FN3O2S. The molecule has 1 atom stereocenters. The molecule has 2 aromatic carbocycles. The van der Waals surface area contributed by atoms with E-state index in [2.05, 4.69) is 10.1 Å². The molecule has 1 aliphatic heterocycles. The molecule has 5 nitrogen and oxygen atoms in total. The lowest BCUT2D eigenvalue weighted by Crippen LogP contribution is -2.24. The van der Waals surface area contributed by atoms with Crippen LogP contribution in [-0.2, 0) is 4.79 Å². The maximum Gasteiger partial charge on any atom is 0.232 e. The van der Waals surface area contributed by atoms with Crippen LogP contribution in [-0.4, -0.2) is 28.8 Å². The van der Waals surface area contributed by atoms with Crippen molar-refractivity contribution in [2.75, 3.05) is 17.7 Å². The van der Waals surface area contributed by atoms with E-state index < -0.39 is 0 Å². The minimum absolute atomic E-state index is 0.0368. The van der Waals surface area contributed by atoms with Crippen LogP contribution in [0.5, 0.6) is 0 Å². The Bertz CT molecular complexity index is 942. The highest BCUT2D eigenvalue weighted by atomic mass is 32.2. The highest BCUT2D eigenvalue weighted by Gasteiger charge is 2.35. The second-order valence-corrected chi connectivity index (χ2v) is 6.95. The molecule has 4 rings (SSSR count). The predicted molar refractivity (Wildman–Crippen MR) is 97.6 cm³/mol. The number of anilines is 1. The zero-order valence-electron chi connectivity index (χ0n) is 14.1. The quantitative estimate of drug-likeness (QED) is 0.648. The second kappa shape index (κ2) is 6.92. The standard InChI is InChI=1S/C19H16FN3O2S/c1-26-16-4-2-3-15(10-16)23-11-13(9-17(23)24)19-21-18(22-25-19)12-5-7-14(20)8-6-12/h2-8,10,13H,9,11H2,1H3. The van der Waals surface area contributed by atoms with Crippen molar-refractivity contribution >= 4 is 23.4 Å². The third-order valence-electron chi connectivity index (χ3n) is 4.38. The molecule has 1 unspecified atom stereocenters. The highest BCUT2D eigenvalue weighted by Crippen LogP contribution is 2.33. The summed E-state index contributed by atoms with van der Waals surface area (Å²) in [5.74, 6) is 0.398.